The number of rotatable bonds is 6. The minimum Gasteiger partial charge on any atom is -0.453 e. The third-order valence-electron chi connectivity index (χ3n) is 5.42. The molecule has 5 rings (SSSR count). The van der Waals surface area contributed by atoms with Gasteiger partial charge >= 0.3 is 6.03 Å². The number of urea groups is 1. The third-order valence-corrected chi connectivity index (χ3v) is 5.42. The molecule has 0 atom stereocenters. The molecule has 0 aliphatic heterocycles. The van der Waals surface area contributed by atoms with E-state index in [0.717, 1.165) is 5.56 Å². The van der Waals surface area contributed by atoms with Crippen molar-refractivity contribution in [1.82, 2.24) is 15.1 Å². The second-order valence-corrected chi connectivity index (χ2v) is 9.27. The second kappa shape index (κ2) is 9.57. The van der Waals surface area contributed by atoms with Crippen LogP contribution in [-0.4, -0.2) is 27.4 Å². The molecule has 2 amide bonds. The molecule has 0 fully saturated rings. The Hall–Kier alpha value is -4.99. The molecule has 186 valence electrons. The van der Waals surface area contributed by atoms with Gasteiger partial charge < -0.3 is 19.0 Å². The minimum absolute atomic E-state index is 0.225. The van der Waals surface area contributed by atoms with E-state index >= 15 is 0 Å². The number of nitrogens with zero attached hydrogens (tertiary/aromatic N) is 3. The number of furan rings is 1. The zero-order chi connectivity index (χ0) is 26.0. The maximum atomic E-state index is 12.5. The Morgan fingerprint density at radius 1 is 1.00 bits per heavy atom. The van der Waals surface area contributed by atoms with Crippen molar-refractivity contribution < 1.29 is 23.3 Å². The number of hydrogen-bond donors (Lipinski definition) is 2. The van der Waals surface area contributed by atoms with E-state index in [1.807, 2.05) is 39.0 Å². The summed E-state index contributed by atoms with van der Waals surface area (Å²) in [6.45, 7) is 5.97. The Kier molecular flexibility index (Phi) is 6.14. The first kappa shape index (κ1) is 23.7. The minimum atomic E-state index is -0.476. The van der Waals surface area contributed by atoms with E-state index in [9.17, 15) is 9.59 Å². The molecule has 3 aromatic heterocycles. The number of aldehydes is 1. The maximum absolute atomic E-state index is 12.5. The summed E-state index contributed by atoms with van der Waals surface area (Å²) < 4.78 is 16.9. The van der Waals surface area contributed by atoms with Crippen LogP contribution in [0.2, 0.25) is 0 Å². The Labute approximate surface area is 211 Å². The number of anilines is 2. The fraction of sp³-hybridized carbons (Fsp3) is 0.148. The van der Waals surface area contributed by atoms with Gasteiger partial charge in [-0.25, -0.2) is 14.8 Å². The predicted octanol–water partition coefficient (Wildman–Crippen LogP) is 6.42. The van der Waals surface area contributed by atoms with E-state index < -0.39 is 6.03 Å². The van der Waals surface area contributed by atoms with Crippen LogP contribution in [0, 0.1) is 0 Å². The first-order valence-electron chi connectivity index (χ1n) is 11.4. The number of hydrogen-bond acceptors (Lipinski definition) is 8. The molecule has 0 unspecified atom stereocenters. The van der Waals surface area contributed by atoms with Crippen LogP contribution in [0.1, 0.15) is 37.1 Å². The number of benzene rings is 2. The topological polar surface area (TPSA) is 132 Å². The van der Waals surface area contributed by atoms with Crippen molar-refractivity contribution in [3.05, 3.63) is 78.5 Å². The average Bonchev–Trinajstić information content (AvgIpc) is 3.54. The maximum Gasteiger partial charge on any atom is 0.324 e. The molecule has 0 aliphatic carbocycles. The first-order valence-corrected chi connectivity index (χ1v) is 11.4. The van der Waals surface area contributed by atoms with Crippen molar-refractivity contribution in [3.63, 3.8) is 0 Å². The van der Waals surface area contributed by atoms with Crippen LogP contribution in [-0.2, 0) is 5.41 Å². The number of aromatic nitrogens is 3. The lowest BCUT2D eigenvalue weighted by molar-refractivity contribution is 0.110. The smallest absolute Gasteiger partial charge is 0.324 e. The molecular formula is C27H23N5O5. The summed E-state index contributed by atoms with van der Waals surface area (Å²) in [6, 6.07) is 16.9. The highest BCUT2D eigenvalue weighted by Crippen LogP contribution is 2.32. The lowest BCUT2D eigenvalue weighted by atomic mass is 9.93. The van der Waals surface area contributed by atoms with Crippen LogP contribution < -0.4 is 15.4 Å². The number of fused-ring (bicyclic) bond motifs is 1. The summed E-state index contributed by atoms with van der Waals surface area (Å²) in [5.74, 6) is 2.54. The molecule has 2 aromatic carbocycles. The molecular weight excluding hydrogens is 474 g/mol. The Balaban J connectivity index is 1.33. The summed E-state index contributed by atoms with van der Waals surface area (Å²) in [5.41, 5.74) is 1.70. The standard InChI is InChI=1S/C27H23N5O5/c1-27(2,3)23-13-24(32-37-23)31-26(34)30-17-5-4-6-18(12-17)36-25-20-11-16(7-9-21(20)28-15-29-25)22-10-8-19(14-33)35-22/h4-15H,1-3H3,(H2,30,31,32,34). The molecule has 3 heterocycles. The molecule has 0 saturated heterocycles. The molecule has 10 nitrogen and oxygen atoms in total. The highest BCUT2D eigenvalue weighted by Gasteiger charge is 2.20. The zero-order valence-electron chi connectivity index (χ0n) is 20.3. The van der Waals surface area contributed by atoms with Crippen molar-refractivity contribution in [3.8, 4) is 23.0 Å². The van der Waals surface area contributed by atoms with E-state index in [1.54, 1.807) is 42.5 Å². The highest BCUT2D eigenvalue weighted by atomic mass is 16.5. The van der Waals surface area contributed by atoms with Crippen LogP contribution in [0.15, 0.2) is 75.9 Å². The summed E-state index contributed by atoms with van der Waals surface area (Å²) >= 11 is 0. The van der Waals surface area contributed by atoms with Gasteiger partial charge in [-0.2, -0.15) is 0 Å². The van der Waals surface area contributed by atoms with E-state index in [2.05, 4.69) is 25.8 Å². The SMILES string of the molecule is CC(C)(C)c1cc(NC(=O)Nc2cccc(Oc3ncnc4ccc(-c5ccc(C=O)o5)cc34)c2)no1. The van der Waals surface area contributed by atoms with Gasteiger partial charge in [0.15, 0.2) is 17.9 Å². The summed E-state index contributed by atoms with van der Waals surface area (Å²) in [5, 5.41) is 9.96. The van der Waals surface area contributed by atoms with Gasteiger partial charge in [-0.15, -0.1) is 0 Å². The highest BCUT2D eigenvalue weighted by molar-refractivity contribution is 5.99. The third kappa shape index (κ3) is 5.32. The molecule has 0 aliphatic rings. The predicted molar refractivity (Wildman–Crippen MR) is 137 cm³/mol. The molecule has 0 bridgehead atoms. The number of carbonyl (C=O) groups is 2. The first-order chi connectivity index (χ1) is 17.8. The largest absolute Gasteiger partial charge is 0.453 e. The zero-order valence-corrected chi connectivity index (χ0v) is 20.3. The molecule has 0 saturated carbocycles. The summed E-state index contributed by atoms with van der Waals surface area (Å²) in [4.78, 5) is 32.0. The summed E-state index contributed by atoms with van der Waals surface area (Å²) in [7, 11) is 0. The quantitative estimate of drug-likeness (QED) is 0.257. The van der Waals surface area contributed by atoms with Crippen molar-refractivity contribution in [1.29, 1.82) is 0 Å². The average molecular weight is 498 g/mol. The Bertz CT molecular complexity index is 1600. The lowest BCUT2D eigenvalue weighted by Crippen LogP contribution is -2.19. The second-order valence-electron chi connectivity index (χ2n) is 9.27. The summed E-state index contributed by atoms with van der Waals surface area (Å²) in [6.07, 6.45) is 2.06. The van der Waals surface area contributed by atoms with E-state index in [0.29, 0.717) is 51.8 Å². The molecule has 0 spiro atoms. The van der Waals surface area contributed by atoms with E-state index in [1.165, 1.54) is 6.33 Å². The van der Waals surface area contributed by atoms with Gasteiger partial charge in [-0.05, 0) is 42.5 Å². The number of amides is 2. The van der Waals surface area contributed by atoms with Gasteiger partial charge in [0.2, 0.25) is 5.88 Å². The van der Waals surface area contributed by atoms with Crippen molar-refractivity contribution in [2.75, 3.05) is 10.6 Å². The van der Waals surface area contributed by atoms with E-state index in [4.69, 9.17) is 13.7 Å². The van der Waals surface area contributed by atoms with Gasteiger partial charge in [0.05, 0.1) is 10.9 Å². The Morgan fingerprint density at radius 2 is 1.86 bits per heavy atom. The van der Waals surface area contributed by atoms with Crippen LogP contribution in [0.25, 0.3) is 22.2 Å². The lowest BCUT2D eigenvalue weighted by Gasteiger charge is -2.12. The molecule has 10 heteroatoms. The van der Waals surface area contributed by atoms with Crippen LogP contribution in [0.3, 0.4) is 0 Å². The van der Waals surface area contributed by atoms with Crippen molar-refractivity contribution in [2.45, 2.75) is 26.2 Å². The number of carbonyl (C=O) groups excluding carboxylic acids is 2. The van der Waals surface area contributed by atoms with Gasteiger partial charge in [-0.1, -0.05) is 32.0 Å². The fourth-order valence-electron chi connectivity index (χ4n) is 3.55. The number of nitrogens with one attached hydrogen (secondary N) is 2. The molecule has 37 heavy (non-hydrogen) atoms. The number of ether oxygens (including phenoxy) is 1. The van der Waals surface area contributed by atoms with Gasteiger partial charge in [0, 0.05) is 28.8 Å². The van der Waals surface area contributed by atoms with Crippen LogP contribution in [0.4, 0.5) is 16.3 Å². The fourth-order valence-corrected chi connectivity index (χ4v) is 3.55. The van der Waals surface area contributed by atoms with Crippen molar-refractivity contribution >= 4 is 34.7 Å². The van der Waals surface area contributed by atoms with Gasteiger partial charge in [-0.3, -0.25) is 10.1 Å². The molecule has 2 N–H and O–H groups in total. The molecule has 0 radical (unpaired) electrons. The Morgan fingerprint density at radius 3 is 2.62 bits per heavy atom. The molecule has 5 aromatic rings. The van der Waals surface area contributed by atoms with Gasteiger partial charge in [0.25, 0.3) is 0 Å². The van der Waals surface area contributed by atoms with E-state index in [-0.39, 0.29) is 11.2 Å². The van der Waals surface area contributed by atoms with Gasteiger partial charge in [0.1, 0.15) is 23.6 Å². The van der Waals surface area contributed by atoms with Crippen LogP contribution >= 0.6 is 0 Å². The normalized spacial score (nSPS) is 11.3. The van der Waals surface area contributed by atoms with Crippen molar-refractivity contribution in [2.24, 2.45) is 0 Å². The van der Waals surface area contributed by atoms with Crippen LogP contribution in [0.5, 0.6) is 11.6 Å². The monoisotopic (exact) mass is 497 g/mol.